The molecule has 29 heavy (non-hydrogen) atoms. The number of carbonyl (C=O) groups is 2. The number of aromatic nitrogens is 1. The van der Waals surface area contributed by atoms with Crippen LogP contribution in [-0.4, -0.2) is 41.3 Å². The molecule has 146 valence electrons. The molecule has 1 spiro atoms. The minimum absolute atomic E-state index is 0.00178. The van der Waals surface area contributed by atoms with Crippen molar-refractivity contribution in [3.05, 3.63) is 71.9 Å². The van der Waals surface area contributed by atoms with Gasteiger partial charge in [-0.1, -0.05) is 36.4 Å². The van der Waals surface area contributed by atoms with E-state index in [1.165, 1.54) is 0 Å². The molecule has 2 aliphatic heterocycles. The topological polar surface area (TPSA) is 53.5 Å². The van der Waals surface area contributed by atoms with Gasteiger partial charge in [0.15, 0.2) is 0 Å². The van der Waals surface area contributed by atoms with E-state index in [2.05, 4.69) is 4.98 Å². The molecule has 5 nitrogen and oxygen atoms in total. The monoisotopic (exact) mass is 385 g/mol. The van der Waals surface area contributed by atoms with Crippen LogP contribution in [0.4, 0.5) is 5.69 Å². The van der Waals surface area contributed by atoms with Gasteiger partial charge in [0, 0.05) is 48.7 Å². The van der Waals surface area contributed by atoms with E-state index in [-0.39, 0.29) is 17.2 Å². The lowest BCUT2D eigenvalue weighted by molar-refractivity contribution is -0.117. The van der Waals surface area contributed by atoms with Crippen LogP contribution in [-0.2, 0) is 4.79 Å². The molecule has 3 heterocycles. The fourth-order valence-corrected chi connectivity index (χ4v) is 4.73. The molecule has 0 aliphatic carbocycles. The highest BCUT2D eigenvalue weighted by Gasteiger charge is 2.49. The molecule has 2 amide bonds. The molecule has 1 aromatic heterocycles. The van der Waals surface area contributed by atoms with Gasteiger partial charge in [0.05, 0.1) is 11.1 Å². The SMILES string of the molecule is Cc1ccccc1N1CC2(CCN(C(=O)c3cnc4ccccc4c3)C2)CC1=O. The molecule has 0 bridgehead atoms. The standard InChI is InChI=1S/C24H23N3O2/c1-17-6-2-5-9-21(17)27-16-24(13-22(27)28)10-11-26(15-24)23(29)19-12-18-7-3-4-8-20(18)25-14-19/h2-9,12,14H,10-11,13,15-16H2,1H3. The zero-order chi connectivity index (χ0) is 20.0. The Morgan fingerprint density at radius 2 is 1.86 bits per heavy atom. The van der Waals surface area contributed by atoms with Crippen LogP contribution in [0.25, 0.3) is 10.9 Å². The van der Waals surface area contributed by atoms with Crippen molar-refractivity contribution >= 4 is 28.4 Å². The number of nitrogens with zero attached hydrogens (tertiary/aromatic N) is 3. The number of hydrogen-bond donors (Lipinski definition) is 0. The summed E-state index contributed by atoms with van der Waals surface area (Å²) in [5.74, 6) is 0.155. The maximum atomic E-state index is 13.1. The van der Waals surface area contributed by atoms with Crippen LogP contribution in [0.3, 0.4) is 0 Å². The normalized spacial score (nSPS) is 21.5. The largest absolute Gasteiger partial charge is 0.338 e. The number of carbonyl (C=O) groups excluding carboxylic acids is 2. The Labute approximate surface area is 170 Å². The van der Waals surface area contributed by atoms with Crippen LogP contribution < -0.4 is 4.90 Å². The molecule has 2 aromatic carbocycles. The van der Waals surface area contributed by atoms with Crippen molar-refractivity contribution < 1.29 is 9.59 Å². The summed E-state index contributed by atoms with van der Waals surface area (Å²) in [5, 5.41) is 0.967. The lowest BCUT2D eigenvalue weighted by atomic mass is 9.86. The van der Waals surface area contributed by atoms with Gasteiger partial charge in [0.25, 0.3) is 5.91 Å². The van der Waals surface area contributed by atoms with Gasteiger partial charge in [-0.05, 0) is 37.1 Å². The Hall–Kier alpha value is -3.21. The third kappa shape index (κ3) is 3.07. The number of fused-ring (bicyclic) bond motifs is 1. The average molecular weight is 385 g/mol. The van der Waals surface area contributed by atoms with Gasteiger partial charge in [-0.2, -0.15) is 0 Å². The lowest BCUT2D eigenvalue weighted by Gasteiger charge is -2.25. The Balaban J connectivity index is 1.36. The van der Waals surface area contributed by atoms with E-state index in [1.54, 1.807) is 6.20 Å². The predicted molar refractivity (Wildman–Crippen MR) is 113 cm³/mol. The summed E-state index contributed by atoms with van der Waals surface area (Å²) in [6.45, 7) is 4.01. The molecule has 2 saturated heterocycles. The summed E-state index contributed by atoms with van der Waals surface area (Å²) in [6, 6.07) is 17.7. The smallest absolute Gasteiger partial charge is 0.255 e. The number of benzene rings is 2. The van der Waals surface area contributed by atoms with Crippen LogP contribution in [0.5, 0.6) is 0 Å². The van der Waals surface area contributed by atoms with Crippen LogP contribution in [0.15, 0.2) is 60.8 Å². The molecule has 2 aliphatic rings. The van der Waals surface area contributed by atoms with Crippen molar-refractivity contribution in [2.45, 2.75) is 19.8 Å². The van der Waals surface area contributed by atoms with Gasteiger partial charge in [-0.15, -0.1) is 0 Å². The summed E-state index contributed by atoms with van der Waals surface area (Å²) in [5.41, 5.74) is 3.43. The molecule has 1 unspecified atom stereocenters. The number of para-hydroxylation sites is 2. The first-order chi connectivity index (χ1) is 14.0. The summed E-state index contributed by atoms with van der Waals surface area (Å²) in [7, 11) is 0. The van der Waals surface area contributed by atoms with Crippen molar-refractivity contribution in [1.29, 1.82) is 0 Å². The Bertz CT molecular complexity index is 1130. The number of aryl methyl sites for hydroxylation is 1. The van der Waals surface area contributed by atoms with Crippen molar-refractivity contribution in [2.24, 2.45) is 5.41 Å². The highest BCUT2D eigenvalue weighted by Crippen LogP contribution is 2.42. The van der Waals surface area contributed by atoms with Gasteiger partial charge in [-0.3, -0.25) is 14.6 Å². The summed E-state index contributed by atoms with van der Waals surface area (Å²) in [4.78, 5) is 34.1. The Morgan fingerprint density at radius 3 is 2.72 bits per heavy atom. The number of pyridine rings is 1. The maximum Gasteiger partial charge on any atom is 0.255 e. The number of likely N-dealkylation sites (tertiary alicyclic amines) is 1. The minimum atomic E-state index is -0.153. The summed E-state index contributed by atoms with van der Waals surface area (Å²) >= 11 is 0. The summed E-state index contributed by atoms with van der Waals surface area (Å²) in [6.07, 6.45) is 3.02. The number of rotatable bonds is 2. The lowest BCUT2D eigenvalue weighted by Crippen LogP contribution is -2.34. The molecule has 5 heteroatoms. The summed E-state index contributed by atoms with van der Waals surface area (Å²) < 4.78 is 0. The van der Waals surface area contributed by atoms with E-state index < -0.39 is 0 Å². The molecular formula is C24H23N3O2. The van der Waals surface area contributed by atoms with Crippen LogP contribution >= 0.6 is 0 Å². The van der Waals surface area contributed by atoms with E-state index in [9.17, 15) is 9.59 Å². The maximum absolute atomic E-state index is 13.1. The quantitative estimate of drug-likeness (QED) is 0.674. The molecule has 0 radical (unpaired) electrons. The van der Waals surface area contributed by atoms with E-state index in [1.807, 2.05) is 71.3 Å². The number of anilines is 1. The zero-order valence-corrected chi connectivity index (χ0v) is 16.5. The predicted octanol–water partition coefficient (Wildman–Crippen LogP) is 3.81. The molecule has 5 rings (SSSR count). The third-order valence-corrected chi connectivity index (χ3v) is 6.29. The van der Waals surface area contributed by atoms with Gasteiger partial charge >= 0.3 is 0 Å². The second kappa shape index (κ2) is 6.69. The van der Waals surface area contributed by atoms with Crippen LogP contribution in [0, 0.1) is 12.3 Å². The second-order valence-corrected chi connectivity index (χ2v) is 8.34. The molecular weight excluding hydrogens is 362 g/mol. The van der Waals surface area contributed by atoms with Gasteiger partial charge < -0.3 is 9.80 Å². The van der Waals surface area contributed by atoms with Gasteiger partial charge in [0.2, 0.25) is 5.91 Å². The Kier molecular flexibility index (Phi) is 4.12. The van der Waals surface area contributed by atoms with E-state index in [0.717, 1.165) is 28.6 Å². The zero-order valence-electron chi connectivity index (χ0n) is 16.5. The molecule has 0 N–H and O–H groups in total. The van der Waals surface area contributed by atoms with Crippen molar-refractivity contribution in [3.8, 4) is 0 Å². The van der Waals surface area contributed by atoms with Gasteiger partial charge in [-0.25, -0.2) is 0 Å². The Morgan fingerprint density at radius 1 is 1.07 bits per heavy atom. The number of amides is 2. The van der Waals surface area contributed by atoms with Crippen molar-refractivity contribution in [2.75, 3.05) is 24.5 Å². The minimum Gasteiger partial charge on any atom is -0.338 e. The van der Waals surface area contributed by atoms with Gasteiger partial charge in [0.1, 0.15) is 0 Å². The van der Waals surface area contributed by atoms with Crippen LogP contribution in [0.1, 0.15) is 28.8 Å². The molecule has 1 atom stereocenters. The first kappa shape index (κ1) is 17.9. The highest BCUT2D eigenvalue weighted by molar-refractivity contribution is 5.99. The third-order valence-electron chi connectivity index (χ3n) is 6.29. The second-order valence-electron chi connectivity index (χ2n) is 8.34. The molecule has 2 fully saturated rings. The van der Waals surface area contributed by atoms with E-state index >= 15 is 0 Å². The van der Waals surface area contributed by atoms with Crippen molar-refractivity contribution in [3.63, 3.8) is 0 Å². The van der Waals surface area contributed by atoms with E-state index in [0.29, 0.717) is 31.6 Å². The molecule has 3 aromatic rings. The fourth-order valence-electron chi connectivity index (χ4n) is 4.73. The first-order valence-corrected chi connectivity index (χ1v) is 10.0. The average Bonchev–Trinajstić information content (AvgIpc) is 3.30. The number of hydrogen-bond acceptors (Lipinski definition) is 3. The fraction of sp³-hybridized carbons (Fsp3) is 0.292. The van der Waals surface area contributed by atoms with Crippen LogP contribution in [0.2, 0.25) is 0 Å². The van der Waals surface area contributed by atoms with E-state index in [4.69, 9.17) is 0 Å². The molecule has 0 saturated carbocycles. The first-order valence-electron chi connectivity index (χ1n) is 10.0. The highest BCUT2D eigenvalue weighted by atomic mass is 16.2. The van der Waals surface area contributed by atoms with Crippen molar-refractivity contribution in [1.82, 2.24) is 9.88 Å².